The maximum atomic E-state index is 12.8. The summed E-state index contributed by atoms with van der Waals surface area (Å²) in [5, 5.41) is 6.08. The van der Waals surface area contributed by atoms with E-state index in [-0.39, 0.29) is 17.6 Å². The summed E-state index contributed by atoms with van der Waals surface area (Å²) in [6, 6.07) is 5.71. The molecule has 1 aliphatic heterocycles. The van der Waals surface area contributed by atoms with Crippen LogP contribution >= 0.6 is 11.8 Å². The number of rotatable bonds is 8. The van der Waals surface area contributed by atoms with E-state index in [1.807, 2.05) is 18.2 Å². The summed E-state index contributed by atoms with van der Waals surface area (Å²) in [7, 11) is 0. The number of ether oxygens (including phenoxy) is 2. The van der Waals surface area contributed by atoms with E-state index in [0.29, 0.717) is 32.6 Å². The van der Waals surface area contributed by atoms with Crippen molar-refractivity contribution in [2.24, 2.45) is 0 Å². The van der Waals surface area contributed by atoms with Gasteiger partial charge in [0.15, 0.2) is 11.5 Å². The van der Waals surface area contributed by atoms with E-state index in [1.54, 1.807) is 0 Å². The van der Waals surface area contributed by atoms with Crippen LogP contribution in [0.25, 0.3) is 0 Å². The zero-order valence-corrected chi connectivity index (χ0v) is 17.4. The number of fused-ring (bicyclic) bond motifs is 1. The fourth-order valence-corrected chi connectivity index (χ4v) is 4.40. The Morgan fingerprint density at radius 3 is 2.61 bits per heavy atom. The van der Waals surface area contributed by atoms with E-state index in [2.05, 4.69) is 17.6 Å². The van der Waals surface area contributed by atoms with Gasteiger partial charge in [-0.3, -0.25) is 9.59 Å². The SMILES string of the molecule is CCCCNC(=O)C1(NC(=O)CSc2ccc3c(c2)OCCO3)CCCCC1. The Balaban J connectivity index is 1.57. The lowest BCUT2D eigenvalue weighted by Gasteiger charge is -2.36. The minimum absolute atomic E-state index is 0.0293. The van der Waals surface area contributed by atoms with Crippen LogP contribution in [-0.4, -0.2) is 42.9 Å². The first-order chi connectivity index (χ1) is 13.6. The lowest BCUT2D eigenvalue weighted by molar-refractivity contribution is -0.134. The molecule has 0 radical (unpaired) electrons. The van der Waals surface area contributed by atoms with Gasteiger partial charge in [0.25, 0.3) is 0 Å². The van der Waals surface area contributed by atoms with Gasteiger partial charge in [0.1, 0.15) is 18.8 Å². The quantitative estimate of drug-likeness (QED) is 0.512. The van der Waals surface area contributed by atoms with Crippen molar-refractivity contribution in [1.29, 1.82) is 0 Å². The molecule has 1 saturated carbocycles. The van der Waals surface area contributed by atoms with Gasteiger partial charge in [-0.1, -0.05) is 32.6 Å². The minimum atomic E-state index is -0.754. The van der Waals surface area contributed by atoms with Crippen molar-refractivity contribution in [3.8, 4) is 11.5 Å². The molecule has 2 amide bonds. The average Bonchev–Trinajstić information content (AvgIpc) is 2.73. The Kier molecular flexibility index (Phi) is 7.48. The van der Waals surface area contributed by atoms with Crippen molar-refractivity contribution in [3.63, 3.8) is 0 Å². The Labute approximate surface area is 171 Å². The van der Waals surface area contributed by atoms with Gasteiger partial charge in [-0.25, -0.2) is 0 Å². The molecule has 154 valence electrons. The van der Waals surface area contributed by atoms with Gasteiger partial charge in [-0.15, -0.1) is 11.8 Å². The van der Waals surface area contributed by atoms with Crippen molar-refractivity contribution in [2.45, 2.75) is 62.3 Å². The standard InChI is InChI=1S/C21H30N2O4S/c1-2-3-11-22-20(25)21(9-5-4-6-10-21)23-19(24)15-28-16-7-8-17-18(14-16)27-13-12-26-17/h7-8,14H,2-6,9-13,15H2,1H3,(H,22,25)(H,23,24). The topological polar surface area (TPSA) is 76.7 Å². The Hall–Kier alpha value is -1.89. The first kappa shape index (κ1) is 20.8. The van der Waals surface area contributed by atoms with E-state index in [9.17, 15) is 9.59 Å². The molecule has 0 bridgehead atoms. The number of benzene rings is 1. The number of hydrogen-bond donors (Lipinski definition) is 2. The number of amides is 2. The molecule has 1 fully saturated rings. The smallest absolute Gasteiger partial charge is 0.245 e. The van der Waals surface area contributed by atoms with E-state index < -0.39 is 5.54 Å². The first-order valence-electron chi connectivity index (χ1n) is 10.2. The Morgan fingerprint density at radius 1 is 1.11 bits per heavy atom. The van der Waals surface area contributed by atoms with E-state index in [1.165, 1.54) is 11.8 Å². The summed E-state index contributed by atoms with van der Waals surface area (Å²) < 4.78 is 11.1. The monoisotopic (exact) mass is 406 g/mol. The zero-order chi connectivity index (χ0) is 19.8. The lowest BCUT2D eigenvalue weighted by Crippen LogP contribution is -2.60. The summed E-state index contributed by atoms with van der Waals surface area (Å²) in [5.74, 6) is 1.59. The fraction of sp³-hybridized carbons (Fsp3) is 0.619. The molecule has 0 unspecified atom stereocenters. The molecule has 0 spiro atoms. The number of carbonyl (C=O) groups excluding carboxylic acids is 2. The molecule has 0 atom stereocenters. The number of unbranched alkanes of at least 4 members (excludes halogenated alkanes) is 1. The average molecular weight is 407 g/mol. The third-order valence-corrected chi connectivity index (χ3v) is 6.21. The van der Waals surface area contributed by atoms with Crippen molar-refractivity contribution >= 4 is 23.6 Å². The van der Waals surface area contributed by atoms with Gasteiger partial charge in [-0.2, -0.15) is 0 Å². The molecule has 7 heteroatoms. The van der Waals surface area contributed by atoms with E-state index in [4.69, 9.17) is 9.47 Å². The Bertz CT molecular complexity index is 689. The molecule has 1 aromatic carbocycles. The highest BCUT2D eigenvalue weighted by Gasteiger charge is 2.40. The highest BCUT2D eigenvalue weighted by molar-refractivity contribution is 8.00. The largest absolute Gasteiger partial charge is 0.486 e. The number of thioether (sulfide) groups is 1. The normalized spacial score (nSPS) is 17.6. The highest BCUT2D eigenvalue weighted by Crippen LogP contribution is 2.34. The van der Waals surface area contributed by atoms with Gasteiger partial charge < -0.3 is 20.1 Å². The third-order valence-electron chi connectivity index (χ3n) is 5.22. The summed E-state index contributed by atoms with van der Waals surface area (Å²) in [5.41, 5.74) is -0.754. The van der Waals surface area contributed by atoms with Crippen LogP contribution in [0.1, 0.15) is 51.9 Å². The van der Waals surface area contributed by atoms with Gasteiger partial charge in [0.2, 0.25) is 11.8 Å². The van der Waals surface area contributed by atoms with Crippen LogP contribution in [0.2, 0.25) is 0 Å². The molecule has 28 heavy (non-hydrogen) atoms. The predicted octanol–water partition coefficient (Wildman–Crippen LogP) is 3.29. The first-order valence-corrected chi connectivity index (χ1v) is 11.2. The van der Waals surface area contributed by atoms with Crippen LogP contribution in [0, 0.1) is 0 Å². The van der Waals surface area contributed by atoms with Crippen molar-refractivity contribution < 1.29 is 19.1 Å². The highest BCUT2D eigenvalue weighted by atomic mass is 32.2. The lowest BCUT2D eigenvalue weighted by atomic mass is 9.80. The molecule has 1 aliphatic carbocycles. The summed E-state index contributed by atoms with van der Waals surface area (Å²) in [4.78, 5) is 26.4. The van der Waals surface area contributed by atoms with Crippen molar-refractivity contribution in [3.05, 3.63) is 18.2 Å². The van der Waals surface area contributed by atoms with Crippen molar-refractivity contribution in [2.75, 3.05) is 25.5 Å². The van der Waals surface area contributed by atoms with Gasteiger partial charge in [0.05, 0.1) is 5.75 Å². The molecule has 1 aromatic rings. The van der Waals surface area contributed by atoms with Gasteiger partial charge in [-0.05, 0) is 37.5 Å². The summed E-state index contributed by atoms with van der Waals surface area (Å²) in [6.45, 7) is 3.86. The van der Waals surface area contributed by atoms with Crippen LogP contribution in [0.5, 0.6) is 11.5 Å². The molecular weight excluding hydrogens is 376 g/mol. The van der Waals surface area contributed by atoms with Crippen LogP contribution in [0.3, 0.4) is 0 Å². The maximum Gasteiger partial charge on any atom is 0.245 e. The van der Waals surface area contributed by atoms with Crippen LogP contribution < -0.4 is 20.1 Å². The molecule has 2 aliphatic rings. The fourth-order valence-electron chi connectivity index (χ4n) is 3.68. The van der Waals surface area contributed by atoms with Crippen LogP contribution in [0.15, 0.2) is 23.1 Å². The van der Waals surface area contributed by atoms with Gasteiger partial charge >= 0.3 is 0 Å². The molecule has 2 N–H and O–H groups in total. The van der Waals surface area contributed by atoms with Gasteiger partial charge in [0, 0.05) is 11.4 Å². The number of carbonyl (C=O) groups is 2. The second-order valence-corrected chi connectivity index (χ2v) is 8.44. The summed E-state index contributed by atoms with van der Waals surface area (Å²) >= 11 is 1.44. The molecule has 6 nitrogen and oxygen atoms in total. The molecule has 0 aromatic heterocycles. The molecular formula is C21H30N2O4S. The maximum absolute atomic E-state index is 12.8. The zero-order valence-electron chi connectivity index (χ0n) is 16.6. The number of nitrogens with one attached hydrogen (secondary N) is 2. The second-order valence-electron chi connectivity index (χ2n) is 7.39. The second kappa shape index (κ2) is 10.0. The number of hydrogen-bond acceptors (Lipinski definition) is 5. The summed E-state index contributed by atoms with van der Waals surface area (Å²) in [6.07, 6.45) is 6.47. The Morgan fingerprint density at radius 2 is 1.86 bits per heavy atom. The molecule has 0 saturated heterocycles. The third kappa shape index (κ3) is 5.34. The van der Waals surface area contributed by atoms with E-state index in [0.717, 1.165) is 48.5 Å². The minimum Gasteiger partial charge on any atom is -0.486 e. The predicted molar refractivity (Wildman–Crippen MR) is 110 cm³/mol. The molecule has 1 heterocycles. The van der Waals surface area contributed by atoms with Crippen LogP contribution in [-0.2, 0) is 9.59 Å². The van der Waals surface area contributed by atoms with Crippen molar-refractivity contribution in [1.82, 2.24) is 10.6 Å². The molecule has 3 rings (SSSR count). The van der Waals surface area contributed by atoms with Crippen LogP contribution in [0.4, 0.5) is 0 Å². The van der Waals surface area contributed by atoms with E-state index >= 15 is 0 Å².